The Labute approximate surface area is 140 Å². The molecule has 0 saturated heterocycles. The molecular weight excluding hydrogens is 326 g/mol. The molecule has 10 heteroatoms. The number of nitrogens with one attached hydrogen (secondary N) is 1. The number of nitrogens with zero attached hydrogens (tertiary/aromatic N) is 6. The van der Waals surface area contributed by atoms with Crippen LogP contribution in [0.4, 0.5) is 0 Å². The van der Waals surface area contributed by atoms with E-state index in [1.165, 1.54) is 25.1 Å². The van der Waals surface area contributed by atoms with E-state index in [9.17, 15) is 4.79 Å². The first-order chi connectivity index (χ1) is 12.3. The molecule has 0 aliphatic rings. The standard InChI is InChI=1S/C15H11N7O3/c23-14(10-3-4-16-13(6-10)22-8-18-19-9-22)17-7-12-20-15(25-21-12)11-2-1-5-24-11/h1-6,8-9H,7H2,(H,17,23). The monoisotopic (exact) mass is 337 g/mol. The summed E-state index contributed by atoms with van der Waals surface area (Å²) in [5.41, 5.74) is 0.438. The molecule has 0 bridgehead atoms. The zero-order valence-electron chi connectivity index (χ0n) is 12.7. The molecule has 0 aliphatic heterocycles. The van der Waals surface area contributed by atoms with Gasteiger partial charge in [0.25, 0.3) is 11.8 Å². The minimum Gasteiger partial charge on any atom is -0.459 e. The van der Waals surface area contributed by atoms with Gasteiger partial charge in [0, 0.05) is 11.8 Å². The van der Waals surface area contributed by atoms with E-state index in [-0.39, 0.29) is 18.3 Å². The molecule has 0 radical (unpaired) electrons. The van der Waals surface area contributed by atoms with Crippen LogP contribution in [0.2, 0.25) is 0 Å². The van der Waals surface area contributed by atoms with Crippen molar-refractivity contribution in [2.75, 3.05) is 0 Å². The first kappa shape index (κ1) is 14.8. The zero-order valence-corrected chi connectivity index (χ0v) is 12.7. The molecule has 0 aromatic carbocycles. The maximum absolute atomic E-state index is 12.3. The molecule has 0 fully saturated rings. The highest BCUT2D eigenvalue weighted by molar-refractivity contribution is 5.94. The number of amides is 1. The van der Waals surface area contributed by atoms with E-state index in [4.69, 9.17) is 8.94 Å². The fraction of sp³-hybridized carbons (Fsp3) is 0.0667. The van der Waals surface area contributed by atoms with Crippen LogP contribution < -0.4 is 5.32 Å². The predicted molar refractivity (Wildman–Crippen MR) is 82.3 cm³/mol. The molecule has 4 aromatic heterocycles. The van der Waals surface area contributed by atoms with E-state index >= 15 is 0 Å². The number of hydrogen-bond acceptors (Lipinski definition) is 8. The first-order valence-electron chi connectivity index (χ1n) is 7.25. The largest absolute Gasteiger partial charge is 0.459 e. The number of hydrogen-bond donors (Lipinski definition) is 1. The van der Waals surface area contributed by atoms with Gasteiger partial charge in [-0.15, -0.1) is 10.2 Å². The first-order valence-corrected chi connectivity index (χ1v) is 7.25. The van der Waals surface area contributed by atoms with Crippen molar-refractivity contribution in [2.45, 2.75) is 6.54 Å². The average Bonchev–Trinajstić information content (AvgIpc) is 3.42. The highest BCUT2D eigenvalue weighted by atomic mass is 16.5. The number of pyridine rings is 1. The van der Waals surface area contributed by atoms with Gasteiger partial charge in [0.15, 0.2) is 11.6 Å². The molecule has 1 N–H and O–H groups in total. The topological polar surface area (TPSA) is 125 Å². The van der Waals surface area contributed by atoms with E-state index in [1.54, 1.807) is 28.8 Å². The maximum atomic E-state index is 12.3. The zero-order chi connectivity index (χ0) is 17.1. The predicted octanol–water partition coefficient (Wildman–Crippen LogP) is 1.24. The Kier molecular flexibility index (Phi) is 3.75. The third-order valence-corrected chi connectivity index (χ3v) is 3.30. The Balaban J connectivity index is 1.43. The van der Waals surface area contributed by atoms with Crippen molar-refractivity contribution in [3.63, 3.8) is 0 Å². The van der Waals surface area contributed by atoms with Crippen molar-refractivity contribution in [3.05, 3.63) is 60.8 Å². The van der Waals surface area contributed by atoms with Crippen LogP contribution in [0, 0.1) is 0 Å². The second-order valence-electron chi connectivity index (χ2n) is 4.95. The number of carbonyl (C=O) groups excluding carboxylic acids is 1. The van der Waals surface area contributed by atoms with Crippen molar-refractivity contribution < 1.29 is 13.7 Å². The Hall–Kier alpha value is -3.82. The molecule has 0 aliphatic carbocycles. The van der Waals surface area contributed by atoms with Gasteiger partial charge in [0.2, 0.25) is 0 Å². The fourth-order valence-electron chi connectivity index (χ4n) is 2.11. The van der Waals surface area contributed by atoms with Crippen molar-refractivity contribution >= 4 is 5.91 Å². The van der Waals surface area contributed by atoms with Gasteiger partial charge in [-0.05, 0) is 24.3 Å². The lowest BCUT2D eigenvalue weighted by Crippen LogP contribution is -2.23. The van der Waals surface area contributed by atoms with Crippen LogP contribution in [0.1, 0.15) is 16.2 Å². The van der Waals surface area contributed by atoms with E-state index in [1.807, 2.05) is 0 Å². The van der Waals surface area contributed by atoms with Gasteiger partial charge in [0.1, 0.15) is 18.5 Å². The van der Waals surface area contributed by atoms with Crippen molar-refractivity contribution in [1.29, 1.82) is 0 Å². The molecule has 4 rings (SSSR count). The van der Waals surface area contributed by atoms with Gasteiger partial charge < -0.3 is 14.3 Å². The summed E-state index contributed by atoms with van der Waals surface area (Å²) in [6.45, 7) is 0.118. The molecule has 0 spiro atoms. The van der Waals surface area contributed by atoms with E-state index < -0.39 is 0 Å². The van der Waals surface area contributed by atoms with Crippen molar-refractivity contribution in [2.24, 2.45) is 0 Å². The summed E-state index contributed by atoms with van der Waals surface area (Å²) in [5.74, 6) is 1.32. The van der Waals surface area contributed by atoms with Crippen LogP contribution in [0.5, 0.6) is 0 Å². The number of aromatic nitrogens is 6. The molecular formula is C15H11N7O3. The van der Waals surface area contributed by atoms with Crippen LogP contribution in [-0.2, 0) is 6.54 Å². The fourth-order valence-corrected chi connectivity index (χ4v) is 2.11. The molecule has 25 heavy (non-hydrogen) atoms. The van der Waals surface area contributed by atoms with E-state index in [0.29, 0.717) is 23.0 Å². The molecule has 0 unspecified atom stereocenters. The lowest BCUT2D eigenvalue weighted by molar-refractivity contribution is 0.0949. The van der Waals surface area contributed by atoms with Gasteiger partial charge in [-0.1, -0.05) is 5.16 Å². The Morgan fingerprint density at radius 1 is 1.24 bits per heavy atom. The highest BCUT2D eigenvalue weighted by Gasteiger charge is 2.13. The molecule has 124 valence electrons. The molecule has 1 amide bonds. The summed E-state index contributed by atoms with van der Waals surface area (Å²) >= 11 is 0. The van der Waals surface area contributed by atoms with Gasteiger partial charge in [-0.25, -0.2) is 4.98 Å². The summed E-state index contributed by atoms with van der Waals surface area (Å²) in [6.07, 6.45) is 6.05. The van der Waals surface area contributed by atoms with Gasteiger partial charge in [0.05, 0.1) is 12.8 Å². The highest BCUT2D eigenvalue weighted by Crippen LogP contribution is 2.16. The summed E-state index contributed by atoms with van der Waals surface area (Å²) < 4.78 is 11.9. The van der Waals surface area contributed by atoms with Crippen molar-refractivity contribution in [1.82, 2.24) is 35.2 Å². The Morgan fingerprint density at radius 2 is 2.12 bits per heavy atom. The van der Waals surface area contributed by atoms with Crippen LogP contribution in [0.15, 0.2) is 58.3 Å². The van der Waals surface area contributed by atoms with Gasteiger partial charge >= 0.3 is 0 Å². The smallest absolute Gasteiger partial charge is 0.293 e. The molecule has 0 saturated carbocycles. The van der Waals surface area contributed by atoms with Crippen LogP contribution in [0.3, 0.4) is 0 Å². The Morgan fingerprint density at radius 3 is 2.92 bits per heavy atom. The van der Waals surface area contributed by atoms with Crippen LogP contribution in [0.25, 0.3) is 17.5 Å². The summed E-state index contributed by atoms with van der Waals surface area (Å²) in [7, 11) is 0. The SMILES string of the molecule is O=C(NCc1noc(-c2ccco2)n1)c1ccnc(-n2cnnc2)c1. The minimum atomic E-state index is -0.291. The maximum Gasteiger partial charge on any atom is 0.293 e. The third kappa shape index (κ3) is 3.13. The van der Waals surface area contributed by atoms with Gasteiger partial charge in [-0.2, -0.15) is 4.98 Å². The van der Waals surface area contributed by atoms with Gasteiger partial charge in [-0.3, -0.25) is 9.36 Å². The molecule has 4 aromatic rings. The Bertz CT molecular complexity index is 976. The molecule has 10 nitrogen and oxygen atoms in total. The van der Waals surface area contributed by atoms with E-state index in [0.717, 1.165) is 0 Å². The number of carbonyl (C=O) groups is 1. The second-order valence-corrected chi connectivity index (χ2v) is 4.95. The van der Waals surface area contributed by atoms with Crippen LogP contribution >= 0.6 is 0 Å². The summed E-state index contributed by atoms with van der Waals surface area (Å²) in [5, 5.41) is 13.9. The molecule has 4 heterocycles. The van der Waals surface area contributed by atoms with Crippen molar-refractivity contribution in [3.8, 4) is 17.5 Å². The number of furan rings is 1. The van der Waals surface area contributed by atoms with E-state index in [2.05, 4.69) is 30.6 Å². The third-order valence-electron chi connectivity index (χ3n) is 3.30. The lowest BCUT2D eigenvalue weighted by Gasteiger charge is -2.04. The summed E-state index contributed by atoms with van der Waals surface area (Å²) in [6, 6.07) is 6.66. The van der Waals surface area contributed by atoms with Crippen LogP contribution in [-0.4, -0.2) is 35.8 Å². The number of rotatable bonds is 5. The average molecular weight is 337 g/mol. The lowest BCUT2D eigenvalue weighted by atomic mass is 10.2. The second kappa shape index (κ2) is 6.35. The molecule has 0 atom stereocenters. The quantitative estimate of drug-likeness (QED) is 0.576. The minimum absolute atomic E-state index is 0.118. The summed E-state index contributed by atoms with van der Waals surface area (Å²) in [4.78, 5) is 20.6. The normalized spacial score (nSPS) is 10.7.